The van der Waals surface area contributed by atoms with E-state index < -0.39 is 0 Å². The van der Waals surface area contributed by atoms with Crippen molar-refractivity contribution in [1.82, 2.24) is 24.6 Å². The normalized spacial score (nSPS) is 20.9. The standard InChI is InChI=1S/C13H17N5OS/c1-10(18-9-14-8-16-18)13(19)17-6-3-2-4-11(17)12-15-5-7-20-12/h5,7-11H,2-4,6H2,1H3. The fourth-order valence-corrected chi connectivity index (χ4v) is 3.41. The Balaban J connectivity index is 1.81. The Labute approximate surface area is 121 Å². The number of piperidine rings is 1. The maximum Gasteiger partial charge on any atom is 0.247 e. The van der Waals surface area contributed by atoms with Gasteiger partial charge in [0.2, 0.25) is 5.91 Å². The SMILES string of the molecule is CC(C(=O)N1CCCCC1c1nccs1)n1cncn1. The number of nitrogens with zero attached hydrogens (tertiary/aromatic N) is 5. The first-order chi connectivity index (χ1) is 9.77. The minimum Gasteiger partial charge on any atom is -0.331 e. The number of thiazole rings is 1. The lowest BCUT2D eigenvalue weighted by molar-refractivity contribution is -0.138. The fourth-order valence-electron chi connectivity index (χ4n) is 2.62. The number of hydrogen-bond donors (Lipinski definition) is 0. The van der Waals surface area contributed by atoms with Gasteiger partial charge in [0.1, 0.15) is 23.7 Å². The molecule has 1 aliphatic heterocycles. The number of likely N-dealkylation sites (tertiary alicyclic amines) is 1. The third kappa shape index (κ3) is 2.45. The molecule has 3 heterocycles. The molecule has 0 N–H and O–H groups in total. The lowest BCUT2D eigenvalue weighted by Crippen LogP contribution is -2.42. The van der Waals surface area contributed by atoms with Crippen LogP contribution in [0.1, 0.15) is 43.3 Å². The van der Waals surface area contributed by atoms with Crippen molar-refractivity contribution in [3.05, 3.63) is 29.2 Å². The second-order valence-corrected chi connectivity index (χ2v) is 5.89. The average Bonchev–Trinajstić information content (AvgIpc) is 3.18. The molecule has 1 aliphatic rings. The number of carbonyl (C=O) groups excluding carboxylic acids is 1. The molecule has 0 saturated carbocycles. The highest BCUT2D eigenvalue weighted by molar-refractivity contribution is 7.09. The zero-order chi connectivity index (χ0) is 13.9. The summed E-state index contributed by atoms with van der Waals surface area (Å²) in [6.45, 7) is 2.66. The van der Waals surface area contributed by atoms with Crippen LogP contribution < -0.4 is 0 Å². The van der Waals surface area contributed by atoms with Crippen LogP contribution in [-0.4, -0.2) is 37.1 Å². The number of amides is 1. The maximum absolute atomic E-state index is 12.7. The van der Waals surface area contributed by atoms with Gasteiger partial charge in [0.25, 0.3) is 0 Å². The van der Waals surface area contributed by atoms with E-state index in [1.54, 1.807) is 28.5 Å². The molecule has 1 saturated heterocycles. The van der Waals surface area contributed by atoms with Gasteiger partial charge >= 0.3 is 0 Å². The van der Waals surface area contributed by atoms with Gasteiger partial charge in [0.05, 0.1) is 6.04 Å². The number of hydrogen-bond acceptors (Lipinski definition) is 5. The number of rotatable bonds is 3. The van der Waals surface area contributed by atoms with Gasteiger partial charge in [-0.1, -0.05) is 0 Å². The van der Waals surface area contributed by atoms with Crippen LogP contribution in [0.5, 0.6) is 0 Å². The summed E-state index contributed by atoms with van der Waals surface area (Å²) in [5, 5.41) is 7.06. The molecule has 1 fully saturated rings. The van der Waals surface area contributed by atoms with Crippen LogP contribution in [0.4, 0.5) is 0 Å². The predicted octanol–water partition coefficient (Wildman–Crippen LogP) is 2.05. The second-order valence-electron chi connectivity index (χ2n) is 4.97. The molecule has 2 atom stereocenters. The minimum absolute atomic E-state index is 0.0930. The maximum atomic E-state index is 12.7. The molecule has 7 heteroatoms. The molecule has 2 unspecified atom stereocenters. The predicted molar refractivity (Wildman–Crippen MR) is 75.2 cm³/mol. The van der Waals surface area contributed by atoms with Crippen molar-refractivity contribution in [2.75, 3.05) is 6.54 Å². The molecular formula is C13H17N5OS. The zero-order valence-electron chi connectivity index (χ0n) is 11.3. The van der Waals surface area contributed by atoms with Crippen LogP contribution in [0.2, 0.25) is 0 Å². The highest BCUT2D eigenvalue weighted by Crippen LogP contribution is 2.33. The third-order valence-electron chi connectivity index (χ3n) is 3.71. The monoisotopic (exact) mass is 291 g/mol. The topological polar surface area (TPSA) is 63.9 Å². The van der Waals surface area contributed by atoms with Gasteiger partial charge in [-0.25, -0.2) is 14.6 Å². The van der Waals surface area contributed by atoms with Gasteiger partial charge in [-0.15, -0.1) is 11.3 Å². The quantitative estimate of drug-likeness (QED) is 0.868. The lowest BCUT2D eigenvalue weighted by atomic mass is 10.0. The summed E-state index contributed by atoms with van der Waals surface area (Å²) in [7, 11) is 0. The average molecular weight is 291 g/mol. The van der Waals surface area contributed by atoms with Crippen LogP contribution in [0.3, 0.4) is 0 Å². The van der Waals surface area contributed by atoms with E-state index >= 15 is 0 Å². The summed E-state index contributed by atoms with van der Waals surface area (Å²) >= 11 is 1.62. The minimum atomic E-state index is -0.321. The van der Waals surface area contributed by atoms with E-state index in [2.05, 4.69) is 15.1 Å². The van der Waals surface area contributed by atoms with Crippen LogP contribution in [0.25, 0.3) is 0 Å². The van der Waals surface area contributed by atoms with Crippen molar-refractivity contribution in [3.63, 3.8) is 0 Å². The Morgan fingerprint density at radius 3 is 3.10 bits per heavy atom. The molecular weight excluding hydrogens is 274 g/mol. The largest absolute Gasteiger partial charge is 0.331 e. The molecule has 3 rings (SSSR count). The van der Waals surface area contributed by atoms with Crippen molar-refractivity contribution in [2.45, 2.75) is 38.3 Å². The van der Waals surface area contributed by atoms with Crippen LogP contribution in [0, 0.1) is 0 Å². The number of aromatic nitrogens is 4. The van der Waals surface area contributed by atoms with Crippen molar-refractivity contribution in [1.29, 1.82) is 0 Å². The summed E-state index contributed by atoms with van der Waals surface area (Å²) in [6, 6.07) is -0.208. The van der Waals surface area contributed by atoms with Crippen molar-refractivity contribution in [2.24, 2.45) is 0 Å². The van der Waals surface area contributed by atoms with E-state index in [1.165, 1.54) is 6.33 Å². The fraction of sp³-hybridized carbons (Fsp3) is 0.538. The van der Waals surface area contributed by atoms with Crippen molar-refractivity contribution >= 4 is 17.2 Å². The highest BCUT2D eigenvalue weighted by atomic mass is 32.1. The number of carbonyl (C=O) groups is 1. The van der Waals surface area contributed by atoms with E-state index in [1.807, 2.05) is 17.2 Å². The first-order valence-corrected chi connectivity index (χ1v) is 7.69. The van der Waals surface area contributed by atoms with Gasteiger partial charge in [-0.05, 0) is 26.2 Å². The van der Waals surface area contributed by atoms with Crippen molar-refractivity contribution < 1.29 is 4.79 Å². The van der Waals surface area contributed by atoms with Gasteiger partial charge in [-0.3, -0.25) is 4.79 Å². The molecule has 0 aliphatic carbocycles. The summed E-state index contributed by atoms with van der Waals surface area (Å²) in [5.41, 5.74) is 0. The third-order valence-corrected chi connectivity index (χ3v) is 4.59. The molecule has 0 spiro atoms. The zero-order valence-corrected chi connectivity index (χ0v) is 12.2. The Kier molecular flexibility index (Phi) is 3.77. The molecule has 6 nitrogen and oxygen atoms in total. The van der Waals surface area contributed by atoms with Gasteiger partial charge in [0, 0.05) is 18.1 Å². The Bertz CT molecular complexity index is 553. The van der Waals surface area contributed by atoms with E-state index in [-0.39, 0.29) is 18.0 Å². The van der Waals surface area contributed by atoms with Crippen LogP contribution >= 0.6 is 11.3 Å². The summed E-state index contributed by atoms with van der Waals surface area (Å²) < 4.78 is 1.61. The lowest BCUT2D eigenvalue weighted by Gasteiger charge is -2.36. The van der Waals surface area contributed by atoms with Crippen molar-refractivity contribution in [3.8, 4) is 0 Å². The van der Waals surface area contributed by atoms with Crippen LogP contribution in [0.15, 0.2) is 24.2 Å². The summed E-state index contributed by atoms with van der Waals surface area (Å²) in [6.07, 6.45) is 8.04. The molecule has 0 aromatic carbocycles. The smallest absolute Gasteiger partial charge is 0.247 e. The second kappa shape index (κ2) is 5.70. The van der Waals surface area contributed by atoms with E-state index in [0.717, 1.165) is 30.8 Å². The summed E-state index contributed by atoms with van der Waals surface area (Å²) in [5.74, 6) is 0.0930. The molecule has 0 bridgehead atoms. The Hall–Kier alpha value is -1.76. The first-order valence-electron chi connectivity index (χ1n) is 6.81. The van der Waals surface area contributed by atoms with Gasteiger partial charge in [-0.2, -0.15) is 5.10 Å². The van der Waals surface area contributed by atoms with Gasteiger partial charge in [0.15, 0.2) is 0 Å². The highest BCUT2D eigenvalue weighted by Gasteiger charge is 2.32. The molecule has 0 radical (unpaired) electrons. The summed E-state index contributed by atoms with van der Waals surface area (Å²) in [4.78, 5) is 23.0. The Morgan fingerprint density at radius 2 is 2.40 bits per heavy atom. The van der Waals surface area contributed by atoms with E-state index in [0.29, 0.717) is 0 Å². The first kappa shape index (κ1) is 13.2. The molecule has 2 aromatic heterocycles. The van der Waals surface area contributed by atoms with E-state index in [9.17, 15) is 4.79 Å². The van der Waals surface area contributed by atoms with E-state index in [4.69, 9.17) is 0 Å². The Morgan fingerprint density at radius 1 is 1.50 bits per heavy atom. The molecule has 20 heavy (non-hydrogen) atoms. The molecule has 1 amide bonds. The van der Waals surface area contributed by atoms with Gasteiger partial charge < -0.3 is 4.90 Å². The van der Waals surface area contributed by atoms with Crippen LogP contribution in [-0.2, 0) is 4.79 Å². The molecule has 106 valence electrons. The molecule has 2 aromatic rings.